The summed E-state index contributed by atoms with van der Waals surface area (Å²) in [5, 5.41) is 9.34. The zero-order valence-electron chi connectivity index (χ0n) is 10.9. The Morgan fingerprint density at radius 3 is 2.29 bits per heavy atom. The number of rotatable bonds is 5. The highest BCUT2D eigenvalue weighted by atomic mass is 79.9. The fraction of sp³-hybridized carbons (Fsp3) is 0.385. The van der Waals surface area contributed by atoms with Gasteiger partial charge < -0.3 is 9.84 Å². The fourth-order valence-corrected chi connectivity index (χ4v) is 2.54. The summed E-state index contributed by atoms with van der Waals surface area (Å²) in [4.78, 5) is 23.6. The van der Waals surface area contributed by atoms with Crippen LogP contribution in [0.1, 0.15) is 18.9 Å². The van der Waals surface area contributed by atoms with Crippen molar-refractivity contribution in [1.29, 1.82) is 0 Å². The number of carbonyl (C=O) groups excluding carboxylic acids is 1. The normalized spacial score (nSPS) is 14.3. The lowest BCUT2D eigenvalue weighted by atomic mass is 9.77. The molecule has 0 heterocycles. The Labute approximate surface area is 127 Å². The van der Waals surface area contributed by atoms with Crippen LogP contribution in [0.25, 0.3) is 0 Å². The highest BCUT2D eigenvalue weighted by Crippen LogP contribution is 2.41. The number of halogens is 4. The van der Waals surface area contributed by atoms with Crippen molar-refractivity contribution in [2.75, 3.05) is 6.61 Å². The number of alkyl halides is 3. The monoisotopic (exact) mass is 368 g/mol. The first-order valence-corrected chi connectivity index (χ1v) is 6.67. The quantitative estimate of drug-likeness (QED) is 0.639. The van der Waals surface area contributed by atoms with Crippen LogP contribution in [0.4, 0.5) is 13.2 Å². The van der Waals surface area contributed by atoms with E-state index in [4.69, 9.17) is 0 Å². The maximum Gasteiger partial charge on any atom is 0.391 e. The van der Waals surface area contributed by atoms with Crippen molar-refractivity contribution in [3.8, 4) is 0 Å². The Morgan fingerprint density at radius 1 is 1.29 bits per heavy atom. The molecule has 1 N–H and O–H groups in total. The first kappa shape index (κ1) is 17.5. The molecule has 8 heteroatoms. The first-order chi connectivity index (χ1) is 9.65. The van der Waals surface area contributed by atoms with Crippen molar-refractivity contribution in [2.24, 2.45) is 0 Å². The van der Waals surface area contributed by atoms with Gasteiger partial charge in [-0.2, -0.15) is 13.2 Å². The summed E-state index contributed by atoms with van der Waals surface area (Å²) in [6, 6.07) is 5.37. The minimum Gasteiger partial charge on any atom is -0.480 e. The lowest BCUT2D eigenvalue weighted by Crippen LogP contribution is -2.48. The van der Waals surface area contributed by atoms with Crippen LogP contribution >= 0.6 is 15.9 Å². The van der Waals surface area contributed by atoms with E-state index in [1.54, 1.807) is 0 Å². The van der Waals surface area contributed by atoms with Crippen LogP contribution in [0.15, 0.2) is 28.7 Å². The van der Waals surface area contributed by atoms with E-state index in [9.17, 15) is 27.9 Å². The number of benzene rings is 1. The van der Waals surface area contributed by atoms with Gasteiger partial charge in [-0.1, -0.05) is 34.1 Å². The average Bonchev–Trinajstić information content (AvgIpc) is 2.35. The summed E-state index contributed by atoms with van der Waals surface area (Å²) in [6.45, 7) is 1.16. The van der Waals surface area contributed by atoms with Gasteiger partial charge in [0.15, 0.2) is 5.41 Å². The molecule has 4 nitrogen and oxygen atoms in total. The summed E-state index contributed by atoms with van der Waals surface area (Å²) in [6.07, 6.45) is -6.71. The van der Waals surface area contributed by atoms with E-state index in [-0.39, 0.29) is 16.6 Å². The summed E-state index contributed by atoms with van der Waals surface area (Å²) in [5.74, 6) is -3.35. The zero-order valence-corrected chi connectivity index (χ0v) is 12.5. The van der Waals surface area contributed by atoms with Crippen molar-refractivity contribution < 1.29 is 32.6 Å². The maximum absolute atomic E-state index is 12.8. The Kier molecular flexibility index (Phi) is 5.38. The van der Waals surface area contributed by atoms with Crippen LogP contribution in [0.3, 0.4) is 0 Å². The molecule has 0 saturated heterocycles. The number of aliphatic carboxylic acids is 1. The standard InChI is InChI=1S/C13H12BrF3O4/c1-2-21-11(20)12(10(18)19,7-13(15,16)17)8-5-3-4-6-9(8)14/h3-6H,2,7H2,1H3,(H,18,19). The summed E-state index contributed by atoms with van der Waals surface area (Å²) < 4.78 is 43.2. The van der Waals surface area contributed by atoms with Crippen molar-refractivity contribution in [3.05, 3.63) is 34.3 Å². The van der Waals surface area contributed by atoms with Gasteiger partial charge in [0.05, 0.1) is 13.0 Å². The molecule has 1 atom stereocenters. The molecule has 0 aliphatic heterocycles. The topological polar surface area (TPSA) is 63.6 Å². The summed E-state index contributed by atoms with van der Waals surface area (Å²) >= 11 is 2.99. The predicted molar refractivity (Wildman–Crippen MR) is 70.8 cm³/mol. The van der Waals surface area contributed by atoms with Gasteiger partial charge in [0, 0.05) is 4.47 Å². The highest BCUT2D eigenvalue weighted by Gasteiger charge is 2.56. The van der Waals surface area contributed by atoms with Gasteiger partial charge in [0.1, 0.15) is 0 Å². The average molecular weight is 369 g/mol. The third-order valence-electron chi connectivity index (χ3n) is 2.79. The molecule has 0 amide bonds. The second-order valence-corrected chi connectivity index (χ2v) is 5.06. The van der Waals surface area contributed by atoms with E-state index in [0.717, 1.165) is 6.07 Å². The molecule has 1 unspecified atom stereocenters. The van der Waals surface area contributed by atoms with Crippen LogP contribution < -0.4 is 0 Å². The molecule has 0 bridgehead atoms. The molecule has 21 heavy (non-hydrogen) atoms. The number of esters is 1. The van der Waals surface area contributed by atoms with Crippen LogP contribution in [-0.4, -0.2) is 29.8 Å². The molecule has 1 aromatic carbocycles. The fourth-order valence-electron chi connectivity index (χ4n) is 1.92. The van der Waals surface area contributed by atoms with E-state index in [2.05, 4.69) is 20.7 Å². The lowest BCUT2D eigenvalue weighted by molar-refractivity contribution is -0.182. The molecule has 0 aliphatic rings. The smallest absolute Gasteiger partial charge is 0.391 e. The maximum atomic E-state index is 12.8. The molecule has 0 aromatic heterocycles. The molecule has 116 valence electrons. The highest BCUT2D eigenvalue weighted by molar-refractivity contribution is 9.10. The van der Waals surface area contributed by atoms with Crippen LogP contribution in [0.2, 0.25) is 0 Å². The Morgan fingerprint density at radius 2 is 1.86 bits per heavy atom. The van der Waals surface area contributed by atoms with E-state index in [0.29, 0.717) is 0 Å². The molecule has 0 fully saturated rings. The third kappa shape index (κ3) is 3.75. The third-order valence-corrected chi connectivity index (χ3v) is 3.48. The van der Waals surface area contributed by atoms with Crippen molar-refractivity contribution in [2.45, 2.75) is 24.9 Å². The second kappa shape index (κ2) is 6.46. The summed E-state index contributed by atoms with van der Waals surface area (Å²) in [5.41, 5.74) is -3.14. The number of carboxylic acid groups (broad SMARTS) is 1. The van der Waals surface area contributed by atoms with Crippen molar-refractivity contribution in [1.82, 2.24) is 0 Å². The number of ether oxygens (including phenoxy) is 1. The van der Waals surface area contributed by atoms with Crippen LogP contribution in [-0.2, 0) is 19.7 Å². The van der Waals surface area contributed by atoms with Crippen molar-refractivity contribution in [3.63, 3.8) is 0 Å². The number of hydrogen-bond acceptors (Lipinski definition) is 3. The largest absolute Gasteiger partial charge is 0.480 e. The van der Waals surface area contributed by atoms with E-state index in [1.807, 2.05) is 0 Å². The Balaban J connectivity index is 3.56. The van der Waals surface area contributed by atoms with E-state index < -0.39 is 30.0 Å². The molecule has 0 saturated carbocycles. The number of hydrogen-bond donors (Lipinski definition) is 1. The van der Waals surface area contributed by atoms with Gasteiger partial charge in [-0.15, -0.1) is 0 Å². The second-order valence-electron chi connectivity index (χ2n) is 4.20. The first-order valence-electron chi connectivity index (χ1n) is 5.87. The van der Waals surface area contributed by atoms with Gasteiger partial charge in [0.2, 0.25) is 0 Å². The SMILES string of the molecule is CCOC(=O)C(CC(F)(F)F)(C(=O)O)c1ccccc1Br. The van der Waals surface area contributed by atoms with Gasteiger partial charge in [-0.05, 0) is 18.6 Å². The number of carbonyl (C=O) groups is 2. The zero-order chi connectivity index (χ0) is 16.3. The van der Waals surface area contributed by atoms with Gasteiger partial charge >= 0.3 is 18.1 Å². The molecular weight excluding hydrogens is 357 g/mol. The molecule has 0 spiro atoms. The van der Waals surface area contributed by atoms with Crippen LogP contribution in [0.5, 0.6) is 0 Å². The molecule has 1 aromatic rings. The molecular formula is C13H12BrF3O4. The van der Waals surface area contributed by atoms with E-state index >= 15 is 0 Å². The molecule has 0 aliphatic carbocycles. The summed E-state index contributed by atoms with van der Waals surface area (Å²) in [7, 11) is 0. The lowest BCUT2D eigenvalue weighted by Gasteiger charge is -2.29. The molecule has 0 radical (unpaired) electrons. The van der Waals surface area contributed by atoms with Gasteiger partial charge in [-0.25, -0.2) is 0 Å². The minimum absolute atomic E-state index is 0.0877. The van der Waals surface area contributed by atoms with E-state index in [1.165, 1.54) is 25.1 Å². The van der Waals surface area contributed by atoms with Crippen LogP contribution in [0, 0.1) is 0 Å². The van der Waals surface area contributed by atoms with Crippen molar-refractivity contribution >= 4 is 27.9 Å². The minimum atomic E-state index is -4.86. The molecule has 1 rings (SSSR count). The van der Waals surface area contributed by atoms with Gasteiger partial charge in [-0.3, -0.25) is 9.59 Å². The Hall–Kier alpha value is -1.57. The predicted octanol–water partition coefficient (Wildman–Crippen LogP) is 3.29. The van der Waals surface area contributed by atoms with Gasteiger partial charge in [0.25, 0.3) is 0 Å². The number of carboxylic acids is 1. The Bertz CT molecular complexity index is 544.